The second kappa shape index (κ2) is 12.5. The maximum atomic E-state index is 6.20. The van der Waals surface area contributed by atoms with E-state index >= 15 is 0 Å². The lowest BCUT2D eigenvalue weighted by atomic mass is 9.98. The maximum Gasteiger partial charge on any atom is 0.120 e. The number of likely N-dealkylation sites (tertiary alicyclic amines) is 1. The van der Waals surface area contributed by atoms with E-state index in [1.165, 1.54) is 64.0 Å². The first kappa shape index (κ1) is 26.3. The van der Waals surface area contributed by atoms with Crippen molar-refractivity contribution >= 4 is 33.8 Å². The molecular formula is C30H34ClNO3S. The fourth-order valence-electron chi connectivity index (χ4n) is 4.84. The summed E-state index contributed by atoms with van der Waals surface area (Å²) in [6, 6.07) is 23.1. The van der Waals surface area contributed by atoms with Crippen LogP contribution in [0.3, 0.4) is 0 Å². The van der Waals surface area contributed by atoms with Crippen LogP contribution in [0.25, 0.3) is 31.7 Å². The van der Waals surface area contributed by atoms with Crippen molar-refractivity contribution in [2.75, 3.05) is 40.5 Å². The monoisotopic (exact) mass is 523 g/mol. The van der Waals surface area contributed by atoms with Gasteiger partial charge in [0.05, 0.1) is 20.8 Å². The normalized spacial score (nSPS) is 13.8. The number of hydrogen-bond donors (Lipinski definition) is 0. The third kappa shape index (κ3) is 5.97. The lowest BCUT2D eigenvalue weighted by Gasteiger charge is -2.26. The van der Waals surface area contributed by atoms with E-state index < -0.39 is 0 Å². The fraction of sp³-hybridized carbons (Fsp3) is 0.333. The first-order valence-corrected chi connectivity index (χ1v) is 13.3. The Kier molecular flexibility index (Phi) is 9.13. The molecule has 6 heteroatoms. The van der Waals surface area contributed by atoms with Gasteiger partial charge in [-0.2, -0.15) is 0 Å². The van der Waals surface area contributed by atoms with Crippen LogP contribution in [0, 0.1) is 0 Å². The molecule has 5 rings (SSSR count). The first-order chi connectivity index (χ1) is 17.2. The van der Waals surface area contributed by atoms with Crippen LogP contribution >= 0.6 is 23.7 Å². The third-order valence-electron chi connectivity index (χ3n) is 6.71. The van der Waals surface area contributed by atoms with E-state index in [-0.39, 0.29) is 12.4 Å². The van der Waals surface area contributed by atoms with Gasteiger partial charge < -0.3 is 19.1 Å². The van der Waals surface area contributed by atoms with Gasteiger partial charge in [-0.3, -0.25) is 0 Å². The Labute approximate surface area is 224 Å². The highest BCUT2D eigenvalue weighted by Gasteiger charge is 2.17. The van der Waals surface area contributed by atoms with Crippen LogP contribution in [-0.4, -0.2) is 45.4 Å². The smallest absolute Gasteiger partial charge is 0.120 e. The predicted molar refractivity (Wildman–Crippen MR) is 153 cm³/mol. The molecule has 0 spiro atoms. The molecule has 0 bridgehead atoms. The van der Waals surface area contributed by atoms with Crippen molar-refractivity contribution in [2.45, 2.75) is 25.7 Å². The SMILES string of the molecule is COc1ccc(-c2sc3cc(OC)ccc3c2-c2cccc(OCCCN3CCCCC3)c2)cc1.Cl. The average molecular weight is 524 g/mol. The maximum absolute atomic E-state index is 6.20. The Morgan fingerprint density at radius 3 is 2.28 bits per heavy atom. The number of fused-ring (bicyclic) bond motifs is 1. The van der Waals surface area contributed by atoms with Gasteiger partial charge >= 0.3 is 0 Å². The highest BCUT2D eigenvalue weighted by molar-refractivity contribution is 7.23. The molecule has 0 radical (unpaired) electrons. The van der Waals surface area contributed by atoms with Crippen molar-refractivity contribution in [1.29, 1.82) is 0 Å². The van der Waals surface area contributed by atoms with Crippen LogP contribution in [0.2, 0.25) is 0 Å². The number of nitrogens with zero attached hydrogens (tertiary/aromatic N) is 1. The van der Waals surface area contributed by atoms with E-state index in [9.17, 15) is 0 Å². The van der Waals surface area contributed by atoms with E-state index in [2.05, 4.69) is 53.4 Å². The van der Waals surface area contributed by atoms with Crippen molar-refractivity contribution in [3.05, 3.63) is 66.7 Å². The van der Waals surface area contributed by atoms with Gasteiger partial charge in [-0.05, 0) is 98.1 Å². The molecule has 3 aromatic carbocycles. The predicted octanol–water partition coefficient (Wildman–Crippen LogP) is 7.93. The molecule has 0 aliphatic carbocycles. The molecule has 1 aliphatic heterocycles. The molecule has 1 aromatic heterocycles. The van der Waals surface area contributed by atoms with E-state index in [4.69, 9.17) is 14.2 Å². The van der Waals surface area contributed by atoms with E-state index in [0.29, 0.717) is 0 Å². The summed E-state index contributed by atoms with van der Waals surface area (Å²) in [5.41, 5.74) is 3.58. The van der Waals surface area contributed by atoms with Crippen LogP contribution in [0.4, 0.5) is 0 Å². The summed E-state index contributed by atoms with van der Waals surface area (Å²) in [4.78, 5) is 3.80. The molecule has 4 nitrogen and oxygen atoms in total. The van der Waals surface area contributed by atoms with Gasteiger partial charge in [0.25, 0.3) is 0 Å². The molecule has 0 unspecified atom stereocenters. The Morgan fingerprint density at radius 2 is 1.53 bits per heavy atom. The van der Waals surface area contributed by atoms with E-state index in [0.717, 1.165) is 36.8 Å². The molecule has 1 aliphatic rings. The average Bonchev–Trinajstić information content (AvgIpc) is 3.30. The summed E-state index contributed by atoms with van der Waals surface area (Å²) in [6.45, 7) is 4.34. The minimum Gasteiger partial charge on any atom is -0.497 e. The molecule has 0 saturated carbocycles. The summed E-state index contributed by atoms with van der Waals surface area (Å²) < 4.78 is 18.3. The van der Waals surface area contributed by atoms with Gasteiger partial charge in [-0.1, -0.05) is 18.6 Å². The highest BCUT2D eigenvalue weighted by atomic mass is 35.5. The van der Waals surface area contributed by atoms with E-state index in [1.54, 1.807) is 25.6 Å². The number of thiophene rings is 1. The highest BCUT2D eigenvalue weighted by Crippen LogP contribution is 2.46. The van der Waals surface area contributed by atoms with Gasteiger partial charge in [0, 0.05) is 27.1 Å². The molecule has 36 heavy (non-hydrogen) atoms. The van der Waals surface area contributed by atoms with Gasteiger partial charge in [-0.15, -0.1) is 23.7 Å². The van der Waals surface area contributed by atoms with Crippen molar-refractivity contribution in [1.82, 2.24) is 4.90 Å². The van der Waals surface area contributed by atoms with Gasteiger partial charge in [-0.25, -0.2) is 0 Å². The summed E-state index contributed by atoms with van der Waals surface area (Å²) in [7, 11) is 3.41. The van der Waals surface area contributed by atoms with Gasteiger partial charge in [0.2, 0.25) is 0 Å². The van der Waals surface area contributed by atoms with E-state index in [1.807, 2.05) is 18.2 Å². The molecule has 4 aromatic rings. The minimum absolute atomic E-state index is 0. The second-order valence-electron chi connectivity index (χ2n) is 9.03. The number of hydrogen-bond acceptors (Lipinski definition) is 5. The number of piperidine rings is 1. The molecule has 1 saturated heterocycles. The molecule has 0 atom stereocenters. The summed E-state index contributed by atoms with van der Waals surface area (Å²) >= 11 is 1.79. The zero-order chi connectivity index (χ0) is 24.0. The topological polar surface area (TPSA) is 30.9 Å². The standard InChI is InChI=1S/C30H33NO3S.ClH/c1-32-24-12-10-22(11-13-24)30-29(27-15-14-25(33-2)21-28(27)35-30)23-8-6-9-26(20-23)34-19-7-18-31-16-4-3-5-17-31;/h6,8-15,20-21H,3-5,7,16-19H2,1-2H3;1H. The zero-order valence-corrected chi connectivity index (χ0v) is 22.6. The quantitative estimate of drug-likeness (QED) is 0.208. The summed E-state index contributed by atoms with van der Waals surface area (Å²) in [5.74, 6) is 2.66. The third-order valence-corrected chi connectivity index (χ3v) is 7.91. The molecular weight excluding hydrogens is 490 g/mol. The number of ether oxygens (including phenoxy) is 3. The Bertz CT molecular complexity index is 1270. The Balaban J connectivity index is 0.00000304. The van der Waals surface area contributed by atoms with Crippen molar-refractivity contribution in [3.63, 3.8) is 0 Å². The zero-order valence-electron chi connectivity index (χ0n) is 21.0. The van der Waals surface area contributed by atoms with Crippen molar-refractivity contribution < 1.29 is 14.2 Å². The lowest BCUT2D eigenvalue weighted by Crippen LogP contribution is -2.31. The van der Waals surface area contributed by atoms with Crippen molar-refractivity contribution in [2.24, 2.45) is 0 Å². The minimum atomic E-state index is 0. The molecule has 2 heterocycles. The number of benzene rings is 3. The molecule has 0 amide bonds. The van der Waals surface area contributed by atoms with Gasteiger partial charge in [0.1, 0.15) is 17.2 Å². The van der Waals surface area contributed by atoms with Gasteiger partial charge in [0.15, 0.2) is 0 Å². The second-order valence-corrected chi connectivity index (χ2v) is 10.1. The lowest BCUT2D eigenvalue weighted by molar-refractivity contribution is 0.205. The van der Waals surface area contributed by atoms with Crippen LogP contribution in [0.1, 0.15) is 25.7 Å². The molecule has 1 fully saturated rings. The molecule has 0 N–H and O–H groups in total. The summed E-state index contributed by atoms with van der Waals surface area (Å²) in [5, 5.41) is 1.23. The number of methoxy groups -OCH3 is 2. The number of halogens is 1. The van der Waals surface area contributed by atoms with Crippen molar-refractivity contribution in [3.8, 4) is 38.8 Å². The van der Waals surface area contributed by atoms with Crippen LogP contribution in [-0.2, 0) is 0 Å². The van der Waals surface area contributed by atoms with Crippen LogP contribution in [0.5, 0.6) is 17.2 Å². The number of rotatable bonds is 9. The fourth-order valence-corrected chi connectivity index (χ4v) is 6.10. The summed E-state index contributed by atoms with van der Waals surface area (Å²) in [6.07, 6.45) is 5.10. The van der Waals surface area contributed by atoms with Crippen LogP contribution < -0.4 is 14.2 Å². The Morgan fingerprint density at radius 1 is 0.778 bits per heavy atom. The van der Waals surface area contributed by atoms with Crippen LogP contribution in [0.15, 0.2) is 66.7 Å². The molecule has 190 valence electrons. The largest absolute Gasteiger partial charge is 0.497 e. The Hall–Kier alpha value is -2.73. The first-order valence-electron chi connectivity index (χ1n) is 12.5.